The number of hydrogen-bond acceptors (Lipinski definition) is 3. The molecule has 138 valence electrons. The van der Waals surface area contributed by atoms with Crippen molar-refractivity contribution in [3.05, 3.63) is 59.4 Å². The minimum Gasteiger partial charge on any atom is -0.486 e. The van der Waals surface area contributed by atoms with Gasteiger partial charge >= 0.3 is 0 Å². The van der Waals surface area contributed by atoms with Crippen LogP contribution in [0.5, 0.6) is 11.5 Å². The second kappa shape index (κ2) is 8.56. The van der Waals surface area contributed by atoms with E-state index in [0.717, 1.165) is 36.0 Å². The van der Waals surface area contributed by atoms with Crippen molar-refractivity contribution in [2.24, 2.45) is 4.99 Å². The Kier molecular flexibility index (Phi) is 5.94. The van der Waals surface area contributed by atoms with Crippen LogP contribution in [0, 0.1) is 5.82 Å². The Labute approximate surface area is 153 Å². The lowest BCUT2D eigenvalue weighted by Gasteiger charge is -2.22. The molecule has 2 aromatic carbocycles. The fraction of sp³-hybridized carbons (Fsp3) is 0.350. The summed E-state index contributed by atoms with van der Waals surface area (Å²) in [6, 6.07) is 12.6. The molecule has 0 aliphatic carbocycles. The number of rotatable bonds is 5. The molecule has 2 aromatic rings. The fourth-order valence-corrected chi connectivity index (χ4v) is 2.93. The van der Waals surface area contributed by atoms with Crippen molar-refractivity contribution in [3.63, 3.8) is 0 Å². The van der Waals surface area contributed by atoms with Crippen molar-refractivity contribution in [2.45, 2.75) is 13.0 Å². The minimum atomic E-state index is -0.225. The number of ether oxygens (including phenoxy) is 2. The normalized spacial score (nSPS) is 13.4. The Bertz CT molecular complexity index is 779. The molecule has 0 aromatic heterocycles. The summed E-state index contributed by atoms with van der Waals surface area (Å²) in [5, 5.41) is 3.34. The smallest absolute Gasteiger partial charge is 0.193 e. The number of nitrogens with zero attached hydrogens (tertiary/aromatic N) is 2. The standard InChI is InChI=1S/C20H24FN3O2/c1-22-20(24(2)14-16-4-3-5-17(21)12-16)23-9-8-15-6-7-18-19(13-15)26-11-10-25-18/h3-7,12-13H,8-11,14H2,1-2H3,(H,22,23). The van der Waals surface area contributed by atoms with E-state index in [1.807, 2.05) is 30.1 Å². The summed E-state index contributed by atoms with van der Waals surface area (Å²) in [7, 11) is 3.68. The van der Waals surface area contributed by atoms with Crippen LogP contribution in [-0.2, 0) is 13.0 Å². The largest absolute Gasteiger partial charge is 0.486 e. The first-order valence-electron chi connectivity index (χ1n) is 8.70. The van der Waals surface area contributed by atoms with E-state index in [2.05, 4.69) is 16.4 Å². The first-order valence-corrected chi connectivity index (χ1v) is 8.70. The third kappa shape index (κ3) is 4.65. The highest BCUT2D eigenvalue weighted by molar-refractivity contribution is 5.79. The summed E-state index contributed by atoms with van der Waals surface area (Å²) in [4.78, 5) is 6.27. The molecule has 1 aliphatic rings. The van der Waals surface area contributed by atoms with Crippen molar-refractivity contribution in [2.75, 3.05) is 33.9 Å². The van der Waals surface area contributed by atoms with E-state index in [1.54, 1.807) is 19.2 Å². The Morgan fingerprint density at radius 1 is 1.12 bits per heavy atom. The SMILES string of the molecule is CN=C(NCCc1ccc2c(c1)OCCO2)N(C)Cc1cccc(F)c1. The number of hydrogen-bond donors (Lipinski definition) is 1. The Morgan fingerprint density at radius 2 is 1.92 bits per heavy atom. The highest BCUT2D eigenvalue weighted by Crippen LogP contribution is 2.30. The van der Waals surface area contributed by atoms with Gasteiger partial charge in [-0.1, -0.05) is 18.2 Å². The zero-order valence-corrected chi connectivity index (χ0v) is 15.2. The molecule has 26 heavy (non-hydrogen) atoms. The second-order valence-electron chi connectivity index (χ2n) is 6.19. The second-order valence-corrected chi connectivity index (χ2v) is 6.19. The van der Waals surface area contributed by atoms with Gasteiger partial charge in [-0.15, -0.1) is 0 Å². The van der Waals surface area contributed by atoms with Gasteiger partial charge in [0, 0.05) is 27.2 Å². The maximum Gasteiger partial charge on any atom is 0.193 e. The van der Waals surface area contributed by atoms with Crippen LogP contribution >= 0.6 is 0 Å². The lowest BCUT2D eigenvalue weighted by atomic mass is 10.1. The van der Waals surface area contributed by atoms with Gasteiger partial charge in [-0.25, -0.2) is 4.39 Å². The summed E-state index contributed by atoms with van der Waals surface area (Å²) in [6.07, 6.45) is 0.837. The Morgan fingerprint density at radius 3 is 2.69 bits per heavy atom. The van der Waals surface area contributed by atoms with Gasteiger partial charge in [0.1, 0.15) is 19.0 Å². The lowest BCUT2D eigenvalue weighted by molar-refractivity contribution is 0.171. The summed E-state index contributed by atoms with van der Waals surface area (Å²) in [5.74, 6) is 2.16. The van der Waals surface area contributed by atoms with E-state index in [9.17, 15) is 4.39 Å². The van der Waals surface area contributed by atoms with Gasteiger partial charge < -0.3 is 19.7 Å². The molecule has 0 amide bonds. The van der Waals surface area contributed by atoms with Crippen LogP contribution in [0.4, 0.5) is 4.39 Å². The van der Waals surface area contributed by atoms with Gasteiger partial charge in [0.05, 0.1) is 0 Å². The number of nitrogens with one attached hydrogen (secondary N) is 1. The first-order chi connectivity index (χ1) is 12.7. The summed E-state index contributed by atoms with van der Waals surface area (Å²) >= 11 is 0. The van der Waals surface area contributed by atoms with Gasteiger partial charge in [-0.05, 0) is 41.8 Å². The number of fused-ring (bicyclic) bond motifs is 1. The van der Waals surface area contributed by atoms with Crippen LogP contribution in [0.1, 0.15) is 11.1 Å². The van der Waals surface area contributed by atoms with Gasteiger partial charge in [-0.3, -0.25) is 4.99 Å². The topological polar surface area (TPSA) is 46.1 Å². The predicted molar refractivity (Wildman–Crippen MR) is 100 cm³/mol. The highest BCUT2D eigenvalue weighted by atomic mass is 19.1. The van der Waals surface area contributed by atoms with Crippen LogP contribution in [0.15, 0.2) is 47.5 Å². The average molecular weight is 357 g/mol. The number of guanidine groups is 1. The number of aliphatic imine (C=N–C) groups is 1. The molecule has 0 saturated carbocycles. The number of benzene rings is 2. The molecule has 0 saturated heterocycles. The molecule has 0 atom stereocenters. The molecule has 0 fully saturated rings. The van der Waals surface area contributed by atoms with E-state index >= 15 is 0 Å². The van der Waals surface area contributed by atoms with Gasteiger partial charge in [0.15, 0.2) is 17.5 Å². The van der Waals surface area contributed by atoms with Crippen molar-refractivity contribution in [3.8, 4) is 11.5 Å². The van der Waals surface area contributed by atoms with E-state index in [4.69, 9.17) is 9.47 Å². The maximum atomic E-state index is 13.3. The summed E-state index contributed by atoms with van der Waals surface area (Å²) < 4.78 is 24.5. The van der Waals surface area contributed by atoms with Crippen LogP contribution < -0.4 is 14.8 Å². The van der Waals surface area contributed by atoms with Crippen molar-refractivity contribution in [1.82, 2.24) is 10.2 Å². The predicted octanol–water partition coefficient (Wildman–Crippen LogP) is 2.85. The maximum absolute atomic E-state index is 13.3. The molecule has 6 heteroatoms. The van der Waals surface area contributed by atoms with Crippen molar-refractivity contribution in [1.29, 1.82) is 0 Å². The third-order valence-electron chi connectivity index (χ3n) is 4.19. The Hall–Kier alpha value is -2.76. The zero-order chi connectivity index (χ0) is 18.4. The molecule has 1 heterocycles. The molecule has 0 bridgehead atoms. The Balaban J connectivity index is 1.52. The van der Waals surface area contributed by atoms with Crippen molar-refractivity contribution < 1.29 is 13.9 Å². The minimum absolute atomic E-state index is 0.225. The van der Waals surface area contributed by atoms with Crippen LogP contribution in [0.25, 0.3) is 0 Å². The molecule has 1 aliphatic heterocycles. The van der Waals surface area contributed by atoms with Crippen LogP contribution in [-0.4, -0.2) is 44.7 Å². The molecule has 3 rings (SSSR count). The van der Waals surface area contributed by atoms with E-state index in [-0.39, 0.29) is 5.82 Å². The van der Waals surface area contributed by atoms with Crippen LogP contribution in [0.2, 0.25) is 0 Å². The molecule has 1 N–H and O–H groups in total. The molecule has 0 spiro atoms. The van der Waals surface area contributed by atoms with Gasteiger partial charge in [-0.2, -0.15) is 0 Å². The van der Waals surface area contributed by atoms with E-state index < -0.39 is 0 Å². The molecule has 0 unspecified atom stereocenters. The zero-order valence-electron chi connectivity index (χ0n) is 15.2. The monoisotopic (exact) mass is 357 g/mol. The van der Waals surface area contributed by atoms with Crippen molar-refractivity contribution >= 4 is 5.96 Å². The molecule has 0 radical (unpaired) electrons. The lowest BCUT2D eigenvalue weighted by Crippen LogP contribution is -2.39. The van der Waals surface area contributed by atoms with Gasteiger partial charge in [0.25, 0.3) is 0 Å². The summed E-state index contributed by atoms with van der Waals surface area (Å²) in [5.41, 5.74) is 2.08. The molecular formula is C20H24FN3O2. The van der Waals surface area contributed by atoms with Gasteiger partial charge in [0.2, 0.25) is 0 Å². The van der Waals surface area contributed by atoms with E-state index in [0.29, 0.717) is 19.8 Å². The average Bonchev–Trinajstić information content (AvgIpc) is 2.65. The first kappa shape index (κ1) is 18.0. The quantitative estimate of drug-likeness (QED) is 0.660. The number of halogens is 1. The highest BCUT2D eigenvalue weighted by Gasteiger charge is 2.12. The van der Waals surface area contributed by atoms with Crippen LogP contribution in [0.3, 0.4) is 0 Å². The third-order valence-corrected chi connectivity index (χ3v) is 4.19. The van der Waals surface area contributed by atoms with E-state index in [1.165, 1.54) is 11.6 Å². The summed E-state index contributed by atoms with van der Waals surface area (Å²) in [6.45, 7) is 2.51. The molecular weight excluding hydrogens is 333 g/mol. The fourth-order valence-electron chi connectivity index (χ4n) is 2.93. The molecule has 5 nitrogen and oxygen atoms in total.